The van der Waals surface area contributed by atoms with Gasteiger partial charge in [0.1, 0.15) is 5.82 Å². The summed E-state index contributed by atoms with van der Waals surface area (Å²) in [4.78, 5) is 38.0. The molecular formula is C27H17FN2O4S. The van der Waals surface area contributed by atoms with E-state index in [0.29, 0.717) is 21.8 Å². The fourth-order valence-corrected chi connectivity index (χ4v) is 4.71. The Morgan fingerprint density at radius 3 is 2.34 bits per heavy atom. The van der Waals surface area contributed by atoms with Crippen molar-refractivity contribution in [1.29, 1.82) is 0 Å². The maximum absolute atomic E-state index is 13.6. The number of anilines is 2. The van der Waals surface area contributed by atoms with Crippen LogP contribution in [0.4, 0.5) is 15.8 Å². The number of carboxylic acid groups (broad SMARTS) is 1. The summed E-state index contributed by atoms with van der Waals surface area (Å²) in [7, 11) is 0. The van der Waals surface area contributed by atoms with Crippen molar-refractivity contribution in [2.45, 2.75) is 9.79 Å². The average molecular weight is 485 g/mol. The standard InChI is InChI=1S/C27H17FN2O4S/c28-19-9-11-23-21(14-19)26(32)30-22-13-18(8-10-24(22)35-23)25(31)29-20-3-1-2-17(12-20)15-4-6-16(7-5-15)27(33)34/h1-14H,(H,29,31)(H,30,32)(H,33,34). The zero-order valence-electron chi connectivity index (χ0n) is 18.0. The van der Waals surface area contributed by atoms with E-state index in [9.17, 15) is 18.8 Å². The molecule has 2 amide bonds. The second kappa shape index (κ2) is 9.08. The Kier molecular flexibility index (Phi) is 5.80. The van der Waals surface area contributed by atoms with Gasteiger partial charge in [-0.15, -0.1) is 0 Å². The molecule has 4 aromatic rings. The van der Waals surface area contributed by atoms with Crippen LogP contribution in [0, 0.1) is 5.82 Å². The Hall–Kier alpha value is -4.43. The van der Waals surface area contributed by atoms with Gasteiger partial charge < -0.3 is 15.7 Å². The van der Waals surface area contributed by atoms with Crippen LogP contribution in [-0.2, 0) is 0 Å². The first-order valence-corrected chi connectivity index (χ1v) is 11.4. The van der Waals surface area contributed by atoms with E-state index in [0.717, 1.165) is 16.0 Å². The van der Waals surface area contributed by atoms with Gasteiger partial charge in [0, 0.05) is 21.0 Å². The molecule has 1 aliphatic heterocycles. The monoisotopic (exact) mass is 484 g/mol. The smallest absolute Gasteiger partial charge is 0.335 e. The molecule has 5 rings (SSSR count). The van der Waals surface area contributed by atoms with E-state index in [-0.39, 0.29) is 17.0 Å². The van der Waals surface area contributed by atoms with E-state index in [2.05, 4.69) is 10.6 Å². The molecule has 0 unspecified atom stereocenters. The molecule has 0 aliphatic carbocycles. The second-order valence-corrected chi connectivity index (χ2v) is 8.91. The molecule has 4 aromatic carbocycles. The van der Waals surface area contributed by atoms with Crippen molar-refractivity contribution in [1.82, 2.24) is 0 Å². The Balaban J connectivity index is 1.36. The van der Waals surface area contributed by atoms with Crippen LogP contribution in [0.5, 0.6) is 0 Å². The SMILES string of the molecule is O=C(O)c1ccc(-c2cccc(NC(=O)c3ccc4c(c3)NC(=O)c3cc(F)ccc3S4)c2)cc1. The van der Waals surface area contributed by atoms with Crippen LogP contribution in [0.25, 0.3) is 11.1 Å². The Morgan fingerprint density at radius 1 is 0.829 bits per heavy atom. The lowest BCUT2D eigenvalue weighted by atomic mass is 10.0. The number of amides is 2. The van der Waals surface area contributed by atoms with Gasteiger partial charge in [-0.2, -0.15) is 0 Å². The number of halogens is 1. The van der Waals surface area contributed by atoms with Gasteiger partial charge in [0.25, 0.3) is 11.8 Å². The van der Waals surface area contributed by atoms with Crippen molar-refractivity contribution in [2.75, 3.05) is 10.6 Å². The third-order valence-corrected chi connectivity index (χ3v) is 6.63. The first kappa shape index (κ1) is 22.4. The van der Waals surface area contributed by atoms with Gasteiger partial charge in [-0.25, -0.2) is 9.18 Å². The number of hydrogen-bond donors (Lipinski definition) is 3. The van der Waals surface area contributed by atoms with Crippen molar-refractivity contribution in [3.8, 4) is 11.1 Å². The number of carboxylic acids is 1. The summed E-state index contributed by atoms with van der Waals surface area (Å²) in [6.45, 7) is 0. The van der Waals surface area contributed by atoms with E-state index in [4.69, 9.17) is 5.11 Å². The summed E-state index contributed by atoms with van der Waals surface area (Å²) in [5, 5.41) is 14.7. The minimum atomic E-state index is -0.996. The topological polar surface area (TPSA) is 95.5 Å². The number of aromatic carboxylic acids is 1. The quantitative estimate of drug-likeness (QED) is 0.322. The molecule has 0 saturated carbocycles. The minimum absolute atomic E-state index is 0.194. The van der Waals surface area contributed by atoms with E-state index < -0.39 is 17.7 Å². The van der Waals surface area contributed by atoms with Gasteiger partial charge in [0.2, 0.25) is 0 Å². The number of fused-ring (bicyclic) bond motifs is 2. The van der Waals surface area contributed by atoms with Gasteiger partial charge in [0.15, 0.2) is 0 Å². The minimum Gasteiger partial charge on any atom is -0.478 e. The number of hydrogen-bond acceptors (Lipinski definition) is 4. The summed E-state index contributed by atoms with van der Waals surface area (Å²) in [5.41, 5.74) is 3.44. The number of carbonyl (C=O) groups excluding carboxylic acids is 2. The van der Waals surface area contributed by atoms with E-state index >= 15 is 0 Å². The number of nitrogens with one attached hydrogen (secondary N) is 2. The van der Waals surface area contributed by atoms with Crippen LogP contribution in [0.2, 0.25) is 0 Å². The maximum atomic E-state index is 13.6. The van der Waals surface area contributed by atoms with E-state index in [1.807, 2.05) is 6.07 Å². The number of rotatable bonds is 4. The number of benzene rings is 4. The Morgan fingerprint density at radius 2 is 1.57 bits per heavy atom. The molecular weight excluding hydrogens is 467 g/mol. The summed E-state index contributed by atoms with van der Waals surface area (Å²) in [6.07, 6.45) is 0. The molecule has 6 nitrogen and oxygen atoms in total. The molecule has 0 fully saturated rings. The zero-order chi connectivity index (χ0) is 24.5. The van der Waals surface area contributed by atoms with Crippen LogP contribution in [-0.4, -0.2) is 22.9 Å². The lowest BCUT2D eigenvalue weighted by Gasteiger charge is -2.11. The first-order chi connectivity index (χ1) is 16.9. The molecule has 0 atom stereocenters. The van der Waals surface area contributed by atoms with Crippen molar-refractivity contribution in [3.63, 3.8) is 0 Å². The summed E-state index contributed by atoms with van der Waals surface area (Å²) >= 11 is 1.32. The molecule has 1 heterocycles. The van der Waals surface area contributed by atoms with Gasteiger partial charge in [-0.1, -0.05) is 36.0 Å². The zero-order valence-corrected chi connectivity index (χ0v) is 18.9. The average Bonchev–Trinajstić information content (AvgIpc) is 2.99. The molecule has 0 aromatic heterocycles. The Bertz CT molecular complexity index is 1500. The highest BCUT2D eigenvalue weighted by Gasteiger charge is 2.22. The highest BCUT2D eigenvalue weighted by molar-refractivity contribution is 7.99. The predicted molar refractivity (Wildman–Crippen MR) is 132 cm³/mol. The second-order valence-electron chi connectivity index (χ2n) is 7.83. The molecule has 0 spiro atoms. The highest BCUT2D eigenvalue weighted by Crippen LogP contribution is 2.39. The lowest BCUT2D eigenvalue weighted by Crippen LogP contribution is -2.14. The van der Waals surface area contributed by atoms with Gasteiger partial charge in [0.05, 0.1) is 16.8 Å². The number of carbonyl (C=O) groups is 3. The molecule has 0 bridgehead atoms. The summed E-state index contributed by atoms with van der Waals surface area (Å²) < 4.78 is 13.6. The lowest BCUT2D eigenvalue weighted by molar-refractivity contribution is 0.0696. The summed E-state index contributed by atoms with van der Waals surface area (Å²) in [6, 6.07) is 22.7. The maximum Gasteiger partial charge on any atom is 0.335 e. The largest absolute Gasteiger partial charge is 0.478 e. The molecule has 8 heteroatoms. The fraction of sp³-hybridized carbons (Fsp3) is 0. The molecule has 172 valence electrons. The molecule has 35 heavy (non-hydrogen) atoms. The molecule has 0 saturated heterocycles. The third-order valence-electron chi connectivity index (χ3n) is 5.48. The first-order valence-electron chi connectivity index (χ1n) is 10.6. The Labute approximate surface area is 203 Å². The molecule has 0 radical (unpaired) electrons. The van der Waals surface area contributed by atoms with E-state index in [1.54, 1.807) is 54.6 Å². The van der Waals surface area contributed by atoms with Crippen LogP contribution < -0.4 is 10.6 Å². The van der Waals surface area contributed by atoms with Crippen LogP contribution >= 0.6 is 11.8 Å². The van der Waals surface area contributed by atoms with Crippen LogP contribution in [0.15, 0.2) is 94.7 Å². The molecule has 3 N–H and O–H groups in total. The van der Waals surface area contributed by atoms with Crippen molar-refractivity contribution >= 4 is 40.9 Å². The fourth-order valence-electron chi connectivity index (χ4n) is 3.72. The van der Waals surface area contributed by atoms with Gasteiger partial charge in [-0.3, -0.25) is 9.59 Å². The third kappa shape index (κ3) is 4.64. The van der Waals surface area contributed by atoms with Crippen molar-refractivity contribution in [2.24, 2.45) is 0 Å². The highest BCUT2D eigenvalue weighted by atomic mass is 32.2. The summed E-state index contributed by atoms with van der Waals surface area (Å²) in [5.74, 6) is -2.29. The molecule has 1 aliphatic rings. The van der Waals surface area contributed by atoms with E-state index in [1.165, 1.54) is 36.0 Å². The normalized spacial score (nSPS) is 12.1. The van der Waals surface area contributed by atoms with Crippen LogP contribution in [0.1, 0.15) is 31.1 Å². The predicted octanol–water partition coefficient (Wildman–Crippen LogP) is 6.16. The van der Waals surface area contributed by atoms with Crippen molar-refractivity contribution < 1.29 is 23.9 Å². The van der Waals surface area contributed by atoms with Crippen molar-refractivity contribution in [3.05, 3.63) is 107 Å². The van der Waals surface area contributed by atoms with Gasteiger partial charge >= 0.3 is 5.97 Å². The van der Waals surface area contributed by atoms with Crippen LogP contribution in [0.3, 0.4) is 0 Å². The van der Waals surface area contributed by atoms with Gasteiger partial charge in [-0.05, 0) is 71.8 Å².